The Morgan fingerprint density at radius 3 is 2.90 bits per heavy atom. The molecule has 2 aliphatic rings. The Kier molecular flexibility index (Phi) is 2.80. The van der Waals surface area contributed by atoms with Crippen LogP contribution >= 0.6 is 11.5 Å². The Balaban J connectivity index is 1.66. The van der Waals surface area contributed by atoms with Crippen LogP contribution < -0.4 is 5.32 Å². The molecule has 0 amide bonds. The van der Waals surface area contributed by atoms with E-state index in [4.69, 9.17) is 4.52 Å². The fraction of sp³-hybridized carbons (Fsp3) is 0.643. The predicted octanol–water partition coefficient (Wildman–Crippen LogP) is 3.45. The second kappa shape index (κ2) is 4.55. The number of rotatable bonds is 3. The first-order valence-corrected chi connectivity index (χ1v) is 8.01. The molecule has 5 nitrogen and oxygen atoms in total. The van der Waals surface area contributed by atoms with Gasteiger partial charge in [0, 0.05) is 13.0 Å². The third kappa shape index (κ3) is 1.78. The van der Waals surface area contributed by atoms with Crippen LogP contribution in [0.3, 0.4) is 0 Å². The smallest absolute Gasteiger partial charge is 0.262 e. The first kappa shape index (κ1) is 12.3. The molecule has 0 spiro atoms. The van der Waals surface area contributed by atoms with Crippen LogP contribution in [-0.2, 0) is 0 Å². The molecule has 2 bridgehead atoms. The van der Waals surface area contributed by atoms with E-state index in [1.165, 1.54) is 37.2 Å². The summed E-state index contributed by atoms with van der Waals surface area (Å²) < 4.78 is 9.88. The Morgan fingerprint density at radius 2 is 2.20 bits per heavy atom. The van der Waals surface area contributed by atoms with Crippen LogP contribution in [-0.4, -0.2) is 21.6 Å². The number of anilines is 1. The number of hydrogen-bond acceptors (Lipinski definition) is 6. The standard InChI is InChI=1S/C14H18N4OS/c1-7-11(14(15-2)20-18-7)13-16-12(17-19-13)10-6-8-3-4-9(10)5-8/h8-10,15H,3-6H2,1-2H3. The normalized spacial score (nSPS) is 28.2. The highest BCUT2D eigenvalue weighted by Crippen LogP contribution is 2.52. The lowest BCUT2D eigenvalue weighted by Gasteiger charge is -2.17. The lowest BCUT2D eigenvalue weighted by atomic mass is 9.88. The first-order chi connectivity index (χ1) is 9.76. The molecular formula is C14H18N4OS. The summed E-state index contributed by atoms with van der Waals surface area (Å²) in [5, 5.41) is 8.39. The van der Waals surface area contributed by atoms with Crippen molar-refractivity contribution < 1.29 is 4.52 Å². The van der Waals surface area contributed by atoms with Crippen LogP contribution in [0, 0.1) is 18.8 Å². The number of nitrogens with zero attached hydrogens (tertiary/aromatic N) is 3. The van der Waals surface area contributed by atoms with Crippen LogP contribution in [0.15, 0.2) is 4.52 Å². The molecule has 6 heteroatoms. The molecule has 2 aromatic rings. The SMILES string of the molecule is CNc1snc(C)c1-c1nc(C2CC3CCC2C3)no1. The highest BCUT2D eigenvalue weighted by Gasteiger charge is 2.42. The molecule has 2 aliphatic carbocycles. The quantitative estimate of drug-likeness (QED) is 0.938. The van der Waals surface area contributed by atoms with Crippen molar-refractivity contribution in [3.63, 3.8) is 0 Å². The van der Waals surface area contributed by atoms with E-state index in [0.717, 1.165) is 33.9 Å². The zero-order chi connectivity index (χ0) is 13.7. The van der Waals surface area contributed by atoms with Crippen molar-refractivity contribution in [1.29, 1.82) is 0 Å². The van der Waals surface area contributed by atoms with Crippen LogP contribution in [0.5, 0.6) is 0 Å². The lowest BCUT2D eigenvalue weighted by Crippen LogP contribution is -2.09. The van der Waals surface area contributed by atoms with Crippen molar-refractivity contribution in [3.05, 3.63) is 11.5 Å². The highest BCUT2D eigenvalue weighted by atomic mass is 32.1. The summed E-state index contributed by atoms with van der Waals surface area (Å²) in [6, 6.07) is 0. The molecule has 2 fully saturated rings. The first-order valence-electron chi connectivity index (χ1n) is 7.24. The second-order valence-corrected chi connectivity index (χ2v) is 6.73. The molecule has 20 heavy (non-hydrogen) atoms. The van der Waals surface area contributed by atoms with Gasteiger partial charge in [0.25, 0.3) is 5.89 Å². The molecule has 106 valence electrons. The van der Waals surface area contributed by atoms with Gasteiger partial charge >= 0.3 is 0 Å². The molecule has 4 rings (SSSR count). The number of nitrogens with one attached hydrogen (secondary N) is 1. The second-order valence-electron chi connectivity index (χ2n) is 5.96. The summed E-state index contributed by atoms with van der Waals surface area (Å²) in [4.78, 5) is 4.67. The van der Waals surface area contributed by atoms with Crippen LogP contribution in [0.1, 0.15) is 43.1 Å². The average molecular weight is 290 g/mol. The van der Waals surface area contributed by atoms with E-state index in [9.17, 15) is 0 Å². The monoisotopic (exact) mass is 290 g/mol. The summed E-state index contributed by atoms with van der Waals surface area (Å²) in [6.45, 7) is 1.98. The molecule has 3 unspecified atom stereocenters. The van der Waals surface area contributed by atoms with Crippen molar-refractivity contribution in [3.8, 4) is 11.5 Å². The van der Waals surface area contributed by atoms with E-state index in [2.05, 4.69) is 19.8 Å². The average Bonchev–Trinajstić information content (AvgIpc) is 3.21. The van der Waals surface area contributed by atoms with E-state index >= 15 is 0 Å². The van der Waals surface area contributed by atoms with Gasteiger partial charge in [-0.05, 0) is 49.6 Å². The van der Waals surface area contributed by atoms with E-state index in [-0.39, 0.29) is 0 Å². The van der Waals surface area contributed by atoms with Gasteiger partial charge < -0.3 is 9.84 Å². The molecule has 0 aliphatic heterocycles. The number of aromatic nitrogens is 3. The van der Waals surface area contributed by atoms with Crippen LogP contribution in [0.2, 0.25) is 0 Å². The van der Waals surface area contributed by atoms with Crippen molar-refractivity contribution in [2.24, 2.45) is 11.8 Å². The summed E-state index contributed by atoms with van der Waals surface area (Å²) in [5.41, 5.74) is 1.90. The van der Waals surface area contributed by atoms with Gasteiger partial charge in [-0.2, -0.15) is 9.36 Å². The number of aryl methyl sites for hydroxylation is 1. The summed E-state index contributed by atoms with van der Waals surface area (Å²) in [7, 11) is 1.89. The maximum Gasteiger partial charge on any atom is 0.262 e. The predicted molar refractivity (Wildman–Crippen MR) is 77.9 cm³/mol. The van der Waals surface area contributed by atoms with E-state index in [1.807, 2.05) is 14.0 Å². The fourth-order valence-corrected chi connectivity index (χ4v) is 4.58. The minimum Gasteiger partial charge on any atom is -0.378 e. The third-order valence-corrected chi connectivity index (χ3v) is 5.77. The molecule has 2 saturated carbocycles. The van der Waals surface area contributed by atoms with Gasteiger partial charge in [-0.25, -0.2) is 0 Å². The zero-order valence-electron chi connectivity index (χ0n) is 11.7. The molecule has 3 atom stereocenters. The van der Waals surface area contributed by atoms with Crippen molar-refractivity contribution in [2.45, 2.75) is 38.5 Å². The molecule has 0 saturated heterocycles. The van der Waals surface area contributed by atoms with Gasteiger partial charge in [-0.15, -0.1) is 0 Å². The Morgan fingerprint density at radius 1 is 1.30 bits per heavy atom. The van der Waals surface area contributed by atoms with E-state index in [1.54, 1.807) is 0 Å². The lowest BCUT2D eigenvalue weighted by molar-refractivity contribution is 0.372. The van der Waals surface area contributed by atoms with Crippen LogP contribution in [0.25, 0.3) is 11.5 Å². The summed E-state index contributed by atoms with van der Waals surface area (Å²) >= 11 is 1.44. The van der Waals surface area contributed by atoms with Gasteiger partial charge in [0.05, 0.1) is 11.3 Å². The summed E-state index contributed by atoms with van der Waals surface area (Å²) in [6.07, 6.45) is 5.32. The molecule has 1 N–H and O–H groups in total. The summed E-state index contributed by atoms with van der Waals surface area (Å²) in [5.74, 6) is 3.69. The van der Waals surface area contributed by atoms with Gasteiger partial charge in [0.1, 0.15) is 5.00 Å². The maximum absolute atomic E-state index is 5.52. The Labute approximate surface area is 121 Å². The van der Waals surface area contributed by atoms with Crippen molar-refractivity contribution in [2.75, 3.05) is 12.4 Å². The fourth-order valence-electron chi connectivity index (χ4n) is 3.84. The molecule has 0 radical (unpaired) electrons. The Bertz CT molecular complexity index is 635. The highest BCUT2D eigenvalue weighted by molar-refractivity contribution is 7.10. The van der Waals surface area contributed by atoms with E-state index in [0.29, 0.717) is 11.8 Å². The molecule has 0 aromatic carbocycles. The van der Waals surface area contributed by atoms with Gasteiger partial charge in [0.15, 0.2) is 5.82 Å². The Hall–Kier alpha value is -1.43. The van der Waals surface area contributed by atoms with Crippen LogP contribution in [0.4, 0.5) is 5.00 Å². The van der Waals surface area contributed by atoms with Gasteiger partial charge in [-0.1, -0.05) is 11.6 Å². The minimum atomic E-state index is 0.510. The molecular weight excluding hydrogens is 272 g/mol. The zero-order valence-corrected chi connectivity index (χ0v) is 12.5. The topological polar surface area (TPSA) is 63.8 Å². The van der Waals surface area contributed by atoms with Gasteiger partial charge in [0.2, 0.25) is 0 Å². The number of hydrogen-bond donors (Lipinski definition) is 1. The van der Waals surface area contributed by atoms with Crippen molar-refractivity contribution in [1.82, 2.24) is 14.5 Å². The third-order valence-electron chi connectivity index (χ3n) is 4.82. The van der Waals surface area contributed by atoms with Crippen molar-refractivity contribution >= 4 is 16.5 Å². The minimum absolute atomic E-state index is 0.510. The largest absolute Gasteiger partial charge is 0.378 e. The van der Waals surface area contributed by atoms with Gasteiger partial charge in [-0.3, -0.25) is 0 Å². The van der Waals surface area contributed by atoms with E-state index < -0.39 is 0 Å². The maximum atomic E-state index is 5.52. The number of fused-ring (bicyclic) bond motifs is 2. The molecule has 2 heterocycles. The molecule has 2 aromatic heterocycles.